The smallest absolute Gasteiger partial charge is 0.326 e. The molecule has 1 fully saturated rings. The summed E-state index contributed by atoms with van der Waals surface area (Å²) in [5.41, 5.74) is 0. The predicted octanol–water partition coefficient (Wildman–Crippen LogP) is -1.03. The lowest BCUT2D eigenvalue weighted by Crippen LogP contribution is -2.52. The van der Waals surface area contributed by atoms with Crippen molar-refractivity contribution in [3.8, 4) is 0 Å². The van der Waals surface area contributed by atoms with E-state index in [9.17, 15) is 19.2 Å². The molecule has 0 saturated carbocycles. The molecular weight excluding hydrogens is 328 g/mol. The summed E-state index contributed by atoms with van der Waals surface area (Å²) in [6.07, 6.45) is 2.25. The monoisotopic (exact) mass is 356 g/mol. The maximum atomic E-state index is 12.0. The minimum absolute atomic E-state index is 0.228. The van der Waals surface area contributed by atoms with Crippen LogP contribution in [-0.2, 0) is 19.2 Å². The number of aliphatic carboxylic acids is 1. The Bertz CT molecular complexity index is 505. The van der Waals surface area contributed by atoms with Crippen LogP contribution in [0.2, 0.25) is 0 Å². The molecule has 0 aliphatic carbocycles. The van der Waals surface area contributed by atoms with E-state index >= 15 is 0 Å². The number of carboxylic acid groups (broad SMARTS) is 1. The minimum atomic E-state index is -1.11. The molecule has 0 aromatic carbocycles. The molecule has 0 aromatic rings. The van der Waals surface area contributed by atoms with Crippen molar-refractivity contribution in [3.63, 3.8) is 0 Å². The SMILES string of the molecule is CCC(C)C(NC(=O)CNC(=O)C(C)NC(=O)C1CCCN1)C(=O)O. The zero-order valence-electron chi connectivity index (χ0n) is 14.9. The van der Waals surface area contributed by atoms with Crippen LogP contribution in [0.5, 0.6) is 0 Å². The maximum absolute atomic E-state index is 12.0. The molecule has 1 aliphatic heterocycles. The summed E-state index contributed by atoms with van der Waals surface area (Å²) in [7, 11) is 0. The number of carboxylic acids is 1. The Kier molecular flexibility index (Phi) is 8.33. The van der Waals surface area contributed by atoms with Crippen molar-refractivity contribution in [2.75, 3.05) is 13.1 Å². The number of hydrogen-bond acceptors (Lipinski definition) is 5. The van der Waals surface area contributed by atoms with E-state index in [1.54, 1.807) is 6.92 Å². The van der Waals surface area contributed by atoms with Crippen LogP contribution in [0.25, 0.3) is 0 Å². The van der Waals surface area contributed by atoms with Crippen molar-refractivity contribution in [2.45, 2.75) is 58.2 Å². The number of amides is 3. The normalized spacial score (nSPS) is 20.2. The van der Waals surface area contributed by atoms with Crippen LogP contribution in [0.15, 0.2) is 0 Å². The van der Waals surface area contributed by atoms with Gasteiger partial charge in [0.2, 0.25) is 17.7 Å². The molecule has 0 aromatic heterocycles. The van der Waals surface area contributed by atoms with Crippen molar-refractivity contribution in [2.24, 2.45) is 5.92 Å². The first-order valence-electron chi connectivity index (χ1n) is 8.59. The first kappa shape index (κ1) is 20.9. The second-order valence-electron chi connectivity index (χ2n) is 6.37. The van der Waals surface area contributed by atoms with Crippen LogP contribution >= 0.6 is 0 Å². The van der Waals surface area contributed by atoms with Gasteiger partial charge in [-0.1, -0.05) is 20.3 Å². The molecule has 9 nitrogen and oxygen atoms in total. The zero-order chi connectivity index (χ0) is 19.0. The highest BCUT2D eigenvalue weighted by molar-refractivity contribution is 5.92. The summed E-state index contributed by atoms with van der Waals surface area (Å²) in [6, 6.07) is -2.07. The van der Waals surface area contributed by atoms with Gasteiger partial charge >= 0.3 is 5.97 Å². The van der Waals surface area contributed by atoms with Crippen molar-refractivity contribution in [1.82, 2.24) is 21.3 Å². The van der Waals surface area contributed by atoms with Crippen molar-refractivity contribution >= 4 is 23.7 Å². The Morgan fingerprint density at radius 1 is 1.20 bits per heavy atom. The van der Waals surface area contributed by atoms with Crippen molar-refractivity contribution in [1.29, 1.82) is 0 Å². The van der Waals surface area contributed by atoms with Gasteiger partial charge < -0.3 is 26.4 Å². The number of hydrogen-bond donors (Lipinski definition) is 5. The lowest BCUT2D eigenvalue weighted by atomic mass is 9.99. The summed E-state index contributed by atoms with van der Waals surface area (Å²) < 4.78 is 0. The molecule has 0 bridgehead atoms. The number of carbonyl (C=O) groups is 4. The molecular formula is C16H28N4O5. The Morgan fingerprint density at radius 2 is 1.88 bits per heavy atom. The molecule has 0 radical (unpaired) electrons. The maximum Gasteiger partial charge on any atom is 0.326 e. The minimum Gasteiger partial charge on any atom is -0.480 e. The fraction of sp³-hybridized carbons (Fsp3) is 0.750. The number of nitrogens with one attached hydrogen (secondary N) is 4. The summed E-state index contributed by atoms with van der Waals surface area (Å²) >= 11 is 0. The van der Waals surface area contributed by atoms with Gasteiger partial charge in [-0.25, -0.2) is 4.79 Å². The summed E-state index contributed by atoms with van der Waals surface area (Å²) in [5, 5.41) is 19.6. The lowest BCUT2D eigenvalue weighted by molar-refractivity contribution is -0.143. The largest absolute Gasteiger partial charge is 0.480 e. The molecule has 1 heterocycles. The standard InChI is InChI=1S/C16H28N4O5/c1-4-9(2)13(16(24)25)20-12(21)8-18-14(22)10(3)19-15(23)11-6-5-7-17-11/h9-11,13,17H,4-8H2,1-3H3,(H,18,22)(H,19,23)(H,20,21)(H,24,25). The van der Waals surface area contributed by atoms with Gasteiger partial charge in [0.15, 0.2) is 0 Å². The molecule has 142 valence electrons. The average molecular weight is 356 g/mol. The highest BCUT2D eigenvalue weighted by atomic mass is 16.4. The molecule has 9 heteroatoms. The quantitative estimate of drug-likeness (QED) is 0.358. The first-order valence-corrected chi connectivity index (χ1v) is 8.59. The van der Waals surface area contributed by atoms with Gasteiger partial charge in [0.25, 0.3) is 0 Å². The zero-order valence-corrected chi connectivity index (χ0v) is 14.9. The number of carbonyl (C=O) groups excluding carboxylic acids is 3. The molecule has 3 amide bonds. The van der Waals surface area contributed by atoms with Gasteiger partial charge in [0, 0.05) is 0 Å². The molecule has 1 aliphatic rings. The van der Waals surface area contributed by atoms with Crippen molar-refractivity contribution in [3.05, 3.63) is 0 Å². The fourth-order valence-corrected chi connectivity index (χ4v) is 2.52. The van der Waals surface area contributed by atoms with Crippen LogP contribution in [0.4, 0.5) is 0 Å². The number of rotatable bonds is 9. The van der Waals surface area contributed by atoms with Gasteiger partial charge in [0.1, 0.15) is 12.1 Å². The Morgan fingerprint density at radius 3 is 2.40 bits per heavy atom. The van der Waals surface area contributed by atoms with E-state index < -0.39 is 29.9 Å². The van der Waals surface area contributed by atoms with E-state index in [4.69, 9.17) is 5.11 Å². The molecule has 0 spiro atoms. The van der Waals surface area contributed by atoms with Crippen LogP contribution in [0.1, 0.15) is 40.0 Å². The van der Waals surface area contributed by atoms with Crippen LogP contribution in [0, 0.1) is 5.92 Å². The van der Waals surface area contributed by atoms with Gasteiger partial charge in [0.05, 0.1) is 12.6 Å². The second kappa shape index (κ2) is 9.97. The van der Waals surface area contributed by atoms with E-state index in [1.165, 1.54) is 6.92 Å². The molecule has 1 rings (SSSR count). The lowest BCUT2D eigenvalue weighted by Gasteiger charge is -2.21. The Hall–Kier alpha value is -2.16. The highest BCUT2D eigenvalue weighted by Gasteiger charge is 2.27. The van der Waals surface area contributed by atoms with E-state index in [0.717, 1.165) is 19.4 Å². The third-order valence-electron chi connectivity index (χ3n) is 4.35. The van der Waals surface area contributed by atoms with Gasteiger partial charge in [-0.15, -0.1) is 0 Å². The summed E-state index contributed by atoms with van der Waals surface area (Å²) in [6.45, 7) is 5.52. The Labute approximate surface area is 147 Å². The van der Waals surface area contributed by atoms with Crippen LogP contribution < -0.4 is 21.3 Å². The topological polar surface area (TPSA) is 137 Å². The molecule has 25 heavy (non-hydrogen) atoms. The fourth-order valence-electron chi connectivity index (χ4n) is 2.52. The highest BCUT2D eigenvalue weighted by Crippen LogP contribution is 2.07. The third-order valence-corrected chi connectivity index (χ3v) is 4.35. The van der Waals surface area contributed by atoms with E-state index in [-0.39, 0.29) is 24.4 Å². The van der Waals surface area contributed by atoms with E-state index in [1.807, 2.05) is 6.92 Å². The van der Waals surface area contributed by atoms with E-state index in [0.29, 0.717) is 6.42 Å². The van der Waals surface area contributed by atoms with Crippen molar-refractivity contribution < 1.29 is 24.3 Å². The molecule has 1 saturated heterocycles. The van der Waals surface area contributed by atoms with Gasteiger partial charge in [-0.2, -0.15) is 0 Å². The molecule has 5 N–H and O–H groups in total. The van der Waals surface area contributed by atoms with Gasteiger partial charge in [-0.3, -0.25) is 14.4 Å². The summed E-state index contributed by atoms with van der Waals surface area (Å²) in [4.78, 5) is 46.9. The van der Waals surface area contributed by atoms with Crippen LogP contribution in [-0.4, -0.2) is 60.0 Å². The molecule has 4 atom stereocenters. The van der Waals surface area contributed by atoms with E-state index in [2.05, 4.69) is 21.3 Å². The second-order valence-corrected chi connectivity index (χ2v) is 6.37. The van der Waals surface area contributed by atoms with Crippen LogP contribution in [0.3, 0.4) is 0 Å². The van der Waals surface area contributed by atoms with Gasteiger partial charge in [-0.05, 0) is 32.2 Å². The third kappa shape index (κ3) is 6.69. The predicted molar refractivity (Wildman–Crippen MR) is 90.7 cm³/mol. The Balaban J connectivity index is 2.39. The molecule has 4 unspecified atom stereocenters. The first-order chi connectivity index (χ1) is 11.8. The summed E-state index contributed by atoms with van der Waals surface area (Å²) in [5.74, 6) is -2.67. The average Bonchev–Trinajstić information content (AvgIpc) is 3.11.